The molecule has 0 fully saturated rings. The highest BCUT2D eigenvalue weighted by Gasteiger charge is 2.10. The normalized spacial score (nSPS) is 10.5. The van der Waals surface area contributed by atoms with Crippen LogP contribution >= 0.6 is 27.7 Å². The van der Waals surface area contributed by atoms with Gasteiger partial charge in [-0.25, -0.2) is 0 Å². The van der Waals surface area contributed by atoms with Crippen LogP contribution in [0, 0.1) is 0 Å². The summed E-state index contributed by atoms with van der Waals surface area (Å²) < 4.78 is 6.14. The number of nitrogen functional groups attached to an aromatic ring is 1. The molecule has 0 spiro atoms. The van der Waals surface area contributed by atoms with E-state index in [2.05, 4.69) is 21.1 Å². The second kappa shape index (κ2) is 4.28. The molecule has 0 aliphatic carbocycles. The van der Waals surface area contributed by atoms with Gasteiger partial charge in [0.15, 0.2) is 11.6 Å². The van der Waals surface area contributed by atoms with Gasteiger partial charge in [0, 0.05) is 21.0 Å². The summed E-state index contributed by atoms with van der Waals surface area (Å²) in [6.07, 6.45) is 2.02. The first kappa shape index (κ1) is 10.6. The standard InChI is InChI=1S/C10H9BrN2OS/c1-15-9-3-2-6(11)4-7(9)8-5-10(12)13-14-8/h2-5H,1H3,(H2,12,13). The summed E-state index contributed by atoms with van der Waals surface area (Å²) in [5.74, 6) is 1.09. The highest BCUT2D eigenvalue weighted by atomic mass is 79.9. The summed E-state index contributed by atoms with van der Waals surface area (Å²) in [6.45, 7) is 0. The fourth-order valence-corrected chi connectivity index (χ4v) is 2.23. The molecule has 0 radical (unpaired) electrons. The molecule has 0 saturated heterocycles. The lowest BCUT2D eigenvalue weighted by molar-refractivity contribution is 0.435. The molecular weight excluding hydrogens is 276 g/mol. The van der Waals surface area contributed by atoms with Crippen LogP contribution in [0.3, 0.4) is 0 Å². The highest BCUT2D eigenvalue weighted by Crippen LogP contribution is 2.33. The first-order chi connectivity index (χ1) is 7.20. The molecular formula is C10H9BrN2OS. The molecule has 1 heterocycles. The van der Waals surface area contributed by atoms with Gasteiger partial charge in [0.1, 0.15) is 0 Å². The Morgan fingerprint density at radius 2 is 2.20 bits per heavy atom. The number of nitrogens with two attached hydrogens (primary N) is 1. The molecule has 2 rings (SSSR count). The maximum atomic E-state index is 5.52. The SMILES string of the molecule is CSc1ccc(Br)cc1-c1cc(N)no1. The zero-order chi connectivity index (χ0) is 10.8. The molecule has 0 aliphatic heterocycles. The Labute approximate surface area is 100 Å². The van der Waals surface area contributed by atoms with Crippen molar-refractivity contribution in [2.24, 2.45) is 0 Å². The van der Waals surface area contributed by atoms with E-state index in [9.17, 15) is 0 Å². The lowest BCUT2D eigenvalue weighted by Crippen LogP contribution is -1.81. The molecule has 2 N–H and O–H groups in total. The first-order valence-corrected chi connectivity index (χ1v) is 6.28. The van der Waals surface area contributed by atoms with Gasteiger partial charge in [-0.2, -0.15) is 0 Å². The number of halogens is 1. The van der Waals surface area contributed by atoms with E-state index in [1.807, 2.05) is 24.5 Å². The molecule has 0 unspecified atom stereocenters. The van der Waals surface area contributed by atoms with E-state index in [-0.39, 0.29) is 0 Å². The average Bonchev–Trinajstić information content (AvgIpc) is 2.65. The summed E-state index contributed by atoms with van der Waals surface area (Å²) in [5, 5.41) is 3.68. The van der Waals surface area contributed by atoms with E-state index in [0.717, 1.165) is 14.9 Å². The second-order valence-corrected chi connectivity index (χ2v) is 4.72. The van der Waals surface area contributed by atoms with Crippen molar-refractivity contribution in [2.45, 2.75) is 4.90 Å². The third kappa shape index (κ3) is 2.18. The van der Waals surface area contributed by atoms with Crippen LogP contribution in [0.2, 0.25) is 0 Å². The van der Waals surface area contributed by atoms with Gasteiger partial charge in [0.25, 0.3) is 0 Å². The van der Waals surface area contributed by atoms with Gasteiger partial charge >= 0.3 is 0 Å². The molecule has 3 nitrogen and oxygen atoms in total. The van der Waals surface area contributed by atoms with Crippen molar-refractivity contribution < 1.29 is 4.52 Å². The Kier molecular flexibility index (Phi) is 3.02. The lowest BCUT2D eigenvalue weighted by Gasteiger charge is -2.03. The third-order valence-corrected chi connectivity index (χ3v) is 3.24. The van der Waals surface area contributed by atoms with Crippen LogP contribution in [0.5, 0.6) is 0 Å². The summed E-state index contributed by atoms with van der Waals surface area (Å²) in [5.41, 5.74) is 6.52. The molecule has 78 valence electrons. The third-order valence-electron chi connectivity index (χ3n) is 1.96. The summed E-state index contributed by atoms with van der Waals surface area (Å²) in [6, 6.07) is 7.74. The fourth-order valence-electron chi connectivity index (χ4n) is 1.29. The maximum Gasteiger partial charge on any atom is 0.170 e. The molecule has 0 bridgehead atoms. The van der Waals surface area contributed by atoms with E-state index < -0.39 is 0 Å². The zero-order valence-corrected chi connectivity index (χ0v) is 10.4. The number of nitrogens with zero attached hydrogens (tertiary/aromatic N) is 1. The fraction of sp³-hybridized carbons (Fsp3) is 0.100. The predicted octanol–water partition coefficient (Wildman–Crippen LogP) is 3.41. The highest BCUT2D eigenvalue weighted by molar-refractivity contribution is 9.10. The van der Waals surface area contributed by atoms with Gasteiger partial charge in [-0.05, 0) is 24.5 Å². The van der Waals surface area contributed by atoms with Crippen LogP contribution in [0.25, 0.3) is 11.3 Å². The Balaban J connectivity index is 2.55. The number of benzene rings is 1. The zero-order valence-electron chi connectivity index (χ0n) is 8.03. The number of thioether (sulfide) groups is 1. The van der Waals surface area contributed by atoms with Crippen LogP contribution in [0.15, 0.2) is 38.2 Å². The molecule has 5 heteroatoms. The van der Waals surface area contributed by atoms with Gasteiger partial charge in [0.05, 0.1) is 0 Å². The number of hydrogen-bond acceptors (Lipinski definition) is 4. The summed E-state index contributed by atoms with van der Waals surface area (Å²) in [7, 11) is 0. The number of aromatic nitrogens is 1. The largest absolute Gasteiger partial charge is 0.381 e. The monoisotopic (exact) mass is 284 g/mol. The number of anilines is 1. The molecule has 0 amide bonds. The van der Waals surface area contributed by atoms with Crippen LogP contribution < -0.4 is 5.73 Å². The van der Waals surface area contributed by atoms with E-state index in [0.29, 0.717) is 11.6 Å². The van der Waals surface area contributed by atoms with Crippen molar-refractivity contribution in [3.63, 3.8) is 0 Å². The van der Waals surface area contributed by atoms with Gasteiger partial charge in [-0.15, -0.1) is 11.8 Å². The maximum absolute atomic E-state index is 5.52. The van der Waals surface area contributed by atoms with E-state index in [4.69, 9.17) is 10.3 Å². The summed E-state index contributed by atoms with van der Waals surface area (Å²) in [4.78, 5) is 1.13. The molecule has 0 atom stereocenters. The lowest BCUT2D eigenvalue weighted by atomic mass is 10.2. The Bertz CT molecular complexity index is 484. The minimum absolute atomic E-state index is 0.400. The minimum Gasteiger partial charge on any atom is -0.381 e. The number of rotatable bonds is 2. The van der Waals surface area contributed by atoms with Crippen molar-refractivity contribution in [3.8, 4) is 11.3 Å². The van der Waals surface area contributed by atoms with Gasteiger partial charge in [-0.3, -0.25) is 0 Å². The Hall–Kier alpha value is -0.940. The second-order valence-electron chi connectivity index (χ2n) is 2.96. The van der Waals surface area contributed by atoms with Crippen molar-refractivity contribution in [2.75, 3.05) is 12.0 Å². The van der Waals surface area contributed by atoms with Crippen molar-refractivity contribution >= 4 is 33.5 Å². The van der Waals surface area contributed by atoms with Crippen LogP contribution in [-0.2, 0) is 0 Å². The Morgan fingerprint density at radius 3 is 2.80 bits per heavy atom. The molecule has 15 heavy (non-hydrogen) atoms. The van der Waals surface area contributed by atoms with Crippen LogP contribution in [-0.4, -0.2) is 11.4 Å². The van der Waals surface area contributed by atoms with Gasteiger partial charge in [0.2, 0.25) is 0 Å². The van der Waals surface area contributed by atoms with Crippen LogP contribution in [0.1, 0.15) is 0 Å². The van der Waals surface area contributed by atoms with E-state index in [1.54, 1.807) is 17.8 Å². The molecule has 0 saturated carbocycles. The smallest absolute Gasteiger partial charge is 0.170 e. The van der Waals surface area contributed by atoms with Crippen molar-refractivity contribution in [3.05, 3.63) is 28.7 Å². The molecule has 0 aliphatic rings. The molecule has 1 aromatic heterocycles. The van der Waals surface area contributed by atoms with Crippen molar-refractivity contribution in [1.29, 1.82) is 0 Å². The first-order valence-electron chi connectivity index (χ1n) is 4.27. The molecule has 2 aromatic rings. The number of hydrogen-bond donors (Lipinski definition) is 1. The molecule has 1 aromatic carbocycles. The van der Waals surface area contributed by atoms with E-state index in [1.165, 1.54) is 0 Å². The minimum atomic E-state index is 0.400. The Morgan fingerprint density at radius 1 is 1.40 bits per heavy atom. The van der Waals surface area contributed by atoms with Gasteiger partial charge < -0.3 is 10.3 Å². The predicted molar refractivity (Wildman–Crippen MR) is 65.8 cm³/mol. The quantitative estimate of drug-likeness (QED) is 0.859. The van der Waals surface area contributed by atoms with Crippen molar-refractivity contribution in [1.82, 2.24) is 5.16 Å². The summed E-state index contributed by atoms with van der Waals surface area (Å²) >= 11 is 5.09. The van der Waals surface area contributed by atoms with Crippen LogP contribution in [0.4, 0.5) is 5.82 Å². The van der Waals surface area contributed by atoms with Gasteiger partial charge in [-0.1, -0.05) is 21.1 Å². The average molecular weight is 285 g/mol. The topological polar surface area (TPSA) is 52.0 Å². The van der Waals surface area contributed by atoms with E-state index >= 15 is 0 Å².